The maximum Gasteiger partial charge on any atom is 0.258 e. The zero-order valence-electron chi connectivity index (χ0n) is 17.8. The van der Waals surface area contributed by atoms with Gasteiger partial charge in [0.15, 0.2) is 11.6 Å². The van der Waals surface area contributed by atoms with Crippen molar-refractivity contribution in [3.63, 3.8) is 0 Å². The van der Waals surface area contributed by atoms with Crippen LogP contribution in [0.15, 0.2) is 60.7 Å². The normalized spacial score (nSPS) is 19.5. The zero-order valence-corrected chi connectivity index (χ0v) is 17.8. The number of rotatable bonds is 1. The van der Waals surface area contributed by atoms with Gasteiger partial charge in [-0.15, -0.1) is 0 Å². The van der Waals surface area contributed by atoms with Gasteiger partial charge in [0, 0.05) is 33.9 Å². The molecule has 0 radical (unpaired) electrons. The second kappa shape index (κ2) is 7.02. The second-order valence-electron chi connectivity index (χ2n) is 8.64. The van der Waals surface area contributed by atoms with Gasteiger partial charge in [0.05, 0.1) is 5.69 Å². The highest BCUT2D eigenvalue weighted by Crippen LogP contribution is 2.41. The van der Waals surface area contributed by atoms with Gasteiger partial charge in [0.25, 0.3) is 5.91 Å². The van der Waals surface area contributed by atoms with Gasteiger partial charge in [-0.25, -0.2) is 0 Å². The summed E-state index contributed by atoms with van der Waals surface area (Å²) in [5.74, 6) is -0.160. The average Bonchev–Trinajstić information content (AvgIpc) is 2.77. The first-order valence-corrected chi connectivity index (χ1v) is 10.6. The van der Waals surface area contributed by atoms with E-state index in [9.17, 15) is 14.4 Å². The van der Waals surface area contributed by atoms with Crippen LogP contribution in [0.4, 0.5) is 5.69 Å². The molecule has 0 fully saturated rings. The first-order chi connectivity index (χ1) is 14.9. The van der Waals surface area contributed by atoms with Crippen LogP contribution >= 0.6 is 0 Å². The molecule has 0 saturated heterocycles. The van der Waals surface area contributed by atoms with Gasteiger partial charge < -0.3 is 4.90 Å². The number of para-hydroxylation sites is 1. The van der Waals surface area contributed by atoms with Gasteiger partial charge in [0.1, 0.15) is 0 Å². The lowest BCUT2D eigenvalue weighted by atomic mass is 9.82. The molecule has 0 aromatic heterocycles. The minimum Gasteiger partial charge on any atom is -0.305 e. The van der Waals surface area contributed by atoms with Crippen molar-refractivity contribution < 1.29 is 14.4 Å². The van der Waals surface area contributed by atoms with Gasteiger partial charge in [-0.05, 0) is 55.5 Å². The van der Waals surface area contributed by atoms with Crippen LogP contribution in [-0.2, 0) is 0 Å². The Morgan fingerprint density at radius 2 is 1.48 bits per heavy atom. The third kappa shape index (κ3) is 2.86. The molecule has 154 valence electrons. The Labute approximate surface area is 181 Å². The molecule has 0 bridgehead atoms. The molecule has 2 atom stereocenters. The van der Waals surface area contributed by atoms with Crippen LogP contribution < -0.4 is 4.90 Å². The third-order valence-electron chi connectivity index (χ3n) is 6.57. The molecule has 0 N–H and O–H groups in total. The lowest BCUT2D eigenvalue weighted by Gasteiger charge is -2.39. The molecule has 4 nitrogen and oxygen atoms in total. The van der Waals surface area contributed by atoms with Crippen molar-refractivity contribution in [3.05, 3.63) is 99.6 Å². The van der Waals surface area contributed by atoms with E-state index >= 15 is 0 Å². The number of fused-ring (bicyclic) bond motifs is 3. The molecule has 31 heavy (non-hydrogen) atoms. The lowest BCUT2D eigenvalue weighted by Crippen LogP contribution is -2.43. The highest BCUT2D eigenvalue weighted by Gasteiger charge is 2.35. The number of nitrogens with zero attached hydrogens (tertiary/aromatic N) is 1. The van der Waals surface area contributed by atoms with E-state index in [0.717, 1.165) is 17.7 Å². The Kier molecular flexibility index (Phi) is 4.40. The molecule has 2 aliphatic rings. The van der Waals surface area contributed by atoms with Crippen LogP contribution in [0.1, 0.15) is 79.5 Å². The van der Waals surface area contributed by atoms with E-state index in [1.54, 1.807) is 42.5 Å². The molecule has 0 unspecified atom stereocenters. The summed E-state index contributed by atoms with van der Waals surface area (Å²) >= 11 is 0. The van der Waals surface area contributed by atoms with Crippen LogP contribution in [0.5, 0.6) is 0 Å². The molecule has 0 spiro atoms. The van der Waals surface area contributed by atoms with Crippen LogP contribution in [0.2, 0.25) is 0 Å². The fourth-order valence-corrected chi connectivity index (χ4v) is 5.05. The number of anilines is 1. The number of benzene rings is 3. The number of aryl methyl sites for hydroxylation is 1. The molecule has 1 amide bonds. The summed E-state index contributed by atoms with van der Waals surface area (Å²) in [5.41, 5.74) is 5.09. The van der Waals surface area contributed by atoms with Crippen LogP contribution in [-0.4, -0.2) is 23.5 Å². The Morgan fingerprint density at radius 1 is 0.839 bits per heavy atom. The molecule has 1 aliphatic carbocycles. The van der Waals surface area contributed by atoms with Crippen molar-refractivity contribution >= 4 is 23.2 Å². The topological polar surface area (TPSA) is 54.5 Å². The zero-order chi connectivity index (χ0) is 21.9. The Balaban J connectivity index is 1.60. The van der Waals surface area contributed by atoms with Crippen molar-refractivity contribution in [2.45, 2.75) is 39.2 Å². The van der Waals surface area contributed by atoms with E-state index in [1.165, 1.54) is 5.56 Å². The summed E-state index contributed by atoms with van der Waals surface area (Å²) in [4.78, 5) is 41.5. The number of hydrogen-bond donors (Lipinski definition) is 0. The van der Waals surface area contributed by atoms with Gasteiger partial charge >= 0.3 is 0 Å². The summed E-state index contributed by atoms with van der Waals surface area (Å²) in [7, 11) is 0. The first kappa shape index (κ1) is 19.4. The molecule has 3 aromatic rings. The summed E-state index contributed by atoms with van der Waals surface area (Å²) in [6.45, 7) is 6.28. The SMILES string of the molecule is Cc1cccc2c1N(C(=O)c1ccc3c(c1)C(=O)c1ccccc1C3=O)[C@@H](C)C[C@@H]2C. The number of ketones is 2. The van der Waals surface area contributed by atoms with Crippen molar-refractivity contribution in [2.75, 3.05) is 4.90 Å². The first-order valence-electron chi connectivity index (χ1n) is 10.6. The van der Waals surface area contributed by atoms with E-state index in [1.807, 2.05) is 24.0 Å². The van der Waals surface area contributed by atoms with E-state index in [4.69, 9.17) is 0 Å². The predicted octanol–water partition coefficient (Wildman–Crippen LogP) is 5.31. The average molecular weight is 409 g/mol. The van der Waals surface area contributed by atoms with Gasteiger partial charge in [0.2, 0.25) is 0 Å². The highest BCUT2D eigenvalue weighted by atomic mass is 16.2. The highest BCUT2D eigenvalue weighted by molar-refractivity contribution is 6.29. The molecular formula is C27H23NO3. The number of carbonyl (C=O) groups is 3. The Morgan fingerprint density at radius 3 is 2.19 bits per heavy atom. The standard InChI is InChI=1S/C27H23NO3/c1-15-7-6-10-19-16(2)13-17(3)28(24(15)19)27(31)18-11-12-22-23(14-18)26(30)21-9-5-4-8-20(21)25(22)29/h4-12,14,16-17H,13H2,1-3H3/t16-,17-/m0/s1. The molecule has 4 heteroatoms. The number of hydrogen-bond acceptors (Lipinski definition) is 3. The van der Waals surface area contributed by atoms with Gasteiger partial charge in [-0.2, -0.15) is 0 Å². The maximum absolute atomic E-state index is 13.7. The quantitative estimate of drug-likeness (QED) is 0.428. The van der Waals surface area contributed by atoms with E-state index in [2.05, 4.69) is 19.9 Å². The molecular weight excluding hydrogens is 386 g/mol. The monoisotopic (exact) mass is 409 g/mol. The third-order valence-corrected chi connectivity index (χ3v) is 6.57. The summed E-state index contributed by atoms with van der Waals surface area (Å²) in [5, 5.41) is 0. The van der Waals surface area contributed by atoms with Crippen LogP contribution in [0, 0.1) is 6.92 Å². The smallest absolute Gasteiger partial charge is 0.258 e. The second-order valence-corrected chi connectivity index (χ2v) is 8.64. The molecule has 5 rings (SSSR count). The van der Waals surface area contributed by atoms with E-state index in [0.29, 0.717) is 33.7 Å². The van der Waals surface area contributed by atoms with Crippen molar-refractivity contribution in [3.8, 4) is 0 Å². The van der Waals surface area contributed by atoms with Gasteiger partial charge in [-0.1, -0.05) is 49.4 Å². The summed E-state index contributed by atoms with van der Waals surface area (Å²) in [6, 6.07) is 17.9. The minimum atomic E-state index is -0.211. The number of carbonyl (C=O) groups excluding carboxylic acids is 3. The largest absolute Gasteiger partial charge is 0.305 e. The molecule has 1 aliphatic heterocycles. The Hall–Kier alpha value is -3.53. The molecule has 0 saturated carbocycles. The van der Waals surface area contributed by atoms with Crippen molar-refractivity contribution in [1.29, 1.82) is 0 Å². The fourth-order valence-electron chi connectivity index (χ4n) is 5.05. The number of amides is 1. The van der Waals surface area contributed by atoms with Crippen LogP contribution in [0.25, 0.3) is 0 Å². The minimum absolute atomic E-state index is 0.0326. The van der Waals surface area contributed by atoms with Crippen molar-refractivity contribution in [1.82, 2.24) is 0 Å². The maximum atomic E-state index is 13.7. The van der Waals surface area contributed by atoms with Gasteiger partial charge in [-0.3, -0.25) is 14.4 Å². The fraction of sp³-hybridized carbons (Fsp3) is 0.222. The molecule has 3 aromatic carbocycles. The Bertz CT molecular complexity index is 1270. The van der Waals surface area contributed by atoms with Crippen LogP contribution in [0.3, 0.4) is 0 Å². The summed E-state index contributed by atoms with van der Waals surface area (Å²) < 4.78 is 0. The molecule has 1 heterocycles. The lowest BCUT2D eigenvalue weighted by molar-refractivity contribution is 0.0968. The van der Waals surface area contributed by atoms with E-state index in [-0.39, 0.29) is 23.5 Å². The summed E-state index contributed by atoms with van der Waals surface area (Å²) in [6.07, 6.45) is 0.873. The van der Waals surface area contributed by atoms with E-state index < -0.39 is 0 Å². The van der Waals surface area contributed by atoms with Crippen molar-refractivity contribution in [2.24, 2.45) is 0 Å². The predicted molar refractivity (Wildman–Crippen MR) is 120 cm³/mol.